The van der Waals surface area contributed by atoms with Crippen molar-refractivity contribution in [2.45, 2.75) is 6.54 Å². The number of ether oxygens (including phenoxy) is 1. The molecule has 2 N–H and O–H groups in total. The Morgan fingerprint density at radius 2 is 2.18 bits per heavy atom. The summed E-state index contributed by atoms with van der Waals surface area (Å²) in [6.07, 6.45) is 2.95. The van der Waals surface area contributed by atoms with E-state index in [0.717, 1.165) is 0 Å². The molecule has 2 heterocycles. The van der Waals surface area contributed by atoms with Crippen molar-refractivity contribution in [1.29, 1.82) is 0 Å². The second kappa shape index (κ2) is 5.61. The first kappa shape index (κ1) is 14.3. The van der Waals surface area contributed by atoms with Gasteiger partial charge in [-0.15, -0.1) is 0 Å². The molecular weight excluding hydrogens is 306 g/mol. The molecule has 7 nitrogen and oxygen atoms in total. The minimum absolute atomic E-state index is 0.298. The molecule has 2 aliphatic heterocycles. The summed E-state index contributed by atoms with van der Waals surface area (Å²) < 4.78 is 6.52. The van der Waals surface area contributed by atoms with Crippen LogP contribution in [0.3, 0.4) is 0 Å². The lowest BCUT2D eigenvalue weighted by atomic mass is 10.1. The molecule has 2 aliphatic rings. The number of hydrogen-bond donors (Lipinski definition) is 1. The summed E-state index contributed by atoms with van der Waals surface area (Å²) in [6, 6.07) is 5.07. The number of benzene rings is 1. The van der Waals surface area contributed by atoms with Gasteiger partial charge in [-0.3, -0.25) is 0 Å². The van der Waals surface area contributed by atoms with Gasteiger partial charge >= 0.3 is 5.97 Å². The van der Waals surface area contributed by atoms with Crippen LogP contribution in [0.4, 0.5) is 5.82 Å². The topological polar surface area (TPSA) is 95.9 Å². The molecule has 22 heavy (non-hydrogen) atoms. The molecule has 0 unspecified atom stereocenters. The van der Waals surface area contributed by atoms with Gasteiger partial charge in [-0.05, 0) is 12.1 Å². The fourth-order valence-electron chi connectivity index (χ4n) is 2.21. The molecule has 0 radical (unpaired) electrons. The molecule has 0 aromatic heterocycles. The molecule has 1 aromatic rings. The average Bonchev–Trinajstić information content (AvgIpc) is 3.01. The van der Waals surface area contributed by atoms with Crippen LogP contribution in [-0.2, 0) is 11.3 Å². The summed E-state index contributed by atoms with van der Waals surface area (Å²) in [6.45, 7) is 0.298. The molecule has 0 saturated carbocycles. The largest absolute Gasteiger partial charge is 0.465 e. The third kappa shape index (κ3) is 2.35. The number of rotatable bonds is 3. The third-order valence-corrected chi connectivity index (χ3v) is 3.64. The van der Waals surface area contributed by atoms with Crippen molar-refractivity contribution in [2.24, 2.45) is 0 Å². The van der Waals surface area contributed by atoms with Gasteiger partial charge in [0, 0.05) is 10.6 Å². The van der Waals surface area contributed by atoms with Gasteiger partial charge < -0.3 is 15.0 Å². The fourth-order valence-corrected chi connectivity index (χ4v) is 2.44. The molecular formula is C14H12ClN5O2. The maximum atomic E-state index is 11.9. The van der Waals surface area contributed by atoms with E-state index in [2.05, 4.69) is 15.0 Å². The number of nitrogens with two attached hydrogens (primary N) is 1. The molecule has 0 aliphatic carbocycles. The second-order valence-electron chi connectivity index (χ2n) is 4.56. The van der Waals surface area contributed by atoms with Crippen LogP contribution in [0.2, 0.25) is 5.02 Å². The number of nitrogen functional groups attached to an aromatic ring is 1. The molecule has 0 bridgehead atoms. The highest BCUT2D eigenvalue weighted by Crippen LogP contribution is 2.26. The summed E-state index contributed by atoms with van der Waals surface area (Å²) >= 11 is 6.23. The van der Waals surface area contributed by atoms with Gasteiger partial charge in [-0.25, -0.2) is 19.7 Å². The Labute approximate surface area is 131 Å². The first-order valence-corrected chi connectivity index (χ1v) is 6.76. The molecule has 1 aromatic carbocycles. The SMILES string of the molecule is COC(=O)c1cccc(Cl)c1Cn1cnc(N)c2ncnc1-2. The van der Waals surface area contributed by atoms with Gasteiger partial charge in [0.05, 0.1) is 25.5 Å². The van der Waals surface area contributed by atoms with Crippen LogP contribution < -0.4 is 5.73 Å². The second-order valence-corrected chi connectivity index (χ2v) is 4.97. The van der Waals surface area contributed by atoms with Crippen molar-refractivity contribution >= 4 is 23.4 Å². The zero-order valence-corrected chi connectivity index (χ0v) is 12.4. The Bertz CT molecular complexity index is 817. The van der Waals surface area contributed by atoms with Crippen molar-refractivity contribution in [3.8, 4) is 11.5 Å². The average molecular weight is 318 g/mol. The number of methoxy groups -OCH3 is 1. The molecule has 0 spiro atoms. The summed E-state index contributed by atoms with van der Waals surface area (Å²) in [5.41, 5.74) is 7.29. The number of carbonyl (C=O) groups excluding carboxylic acids is 1. The van der Waals surface area contributed by atoms with Crippen molar-refractivity contribution in [3.63, 3.8) is 0 Å². The molecule has 112 valence electrons. The highest BCUT2D eigenvalue weighted by atomic mass is 35.5. The van der Waals surface area contributed by atoms with E-state index in [4.69, 9.17) is 22.1 Å². The number of hydrogen-bond acceptors (Lipinski definition) is 6. The molecule has 3 rings (SSSR count). The van der Waals surface area contributed by atoms with Gasteiger partial charge in [0.15, 0.2) is 11.6 Å². The number of fused-ring (bicyclic) bond motifs is 1. The zero-order valence-electron chi connectivity index (χ0n) is 11.7. The molecule has 0 saturated heterocycles. The minimum Gasteiger partial charge on any atom is -0.465 e. The van der Waals surface area contributed by atoms with E-state index < -0.39 is 5.97 Å². The van der Waals surface area contributed by atoms with E-state index in [0.29, 0.717) is 40.0 Å². The van der Waals surface area contributed by atoms with E-state index in [1.807, 2.05) is 0 Å². The van der Waals surface area contributed by atoms with Gasteiger partial charge in [-0.1, -0.05) is 17.7 Å². The lowest BCUT2D eigenvalue weighted by Gasteiger charge is -2.14. The van der Waals surface area contributed by atoms with E-state index in [1.54, 1.807) is 22.8 Å². The van der Waals surface area contributed by atoms with Gasteiger partial charge in [0.2, 0.25) is 0 Å². The summed E-state index contributed by atoms with van der Waals surface area (Å²) in [7, 11) is 1.33. The predicted octanol–water partition coefficient (Wildman–Crippen LogP) is 1.85. The highest BCUT2D eigenvalue weighted by molar-refractivity contribution is 6.31. The van der Waals surface area contributed by atoms with Crippen molar-refractivity contribution in [3.05, 3.63) is 47.0 Å². The van der Waals surface area contributed by atoms with E-state index >= 15 is 0 Å². The van der Waals surface area contributed by atoms with E-state index in [9.17, 15) is 4.79 Å². The smallest absolute Gasteiger partial charge is 0.338 e. The van der Waals surface area contributed by atoms with E-state index in [-0.39, 0.29) is 0 Å². The Hall–Kier alpha value is -2.67. The summed E-state index contributed by atoms with van der Waals surface area (Å²) in [5.74, 6) is 0.422. The fraction of sp³-hybridized carbons (Fsp3) is 0.143. The van der Waals surface area contributed by atoms with Crippen molar-refractivity contribution < 1.29 is 9.53 Å². The Morgan fingerprint density at radius 1 is 1.36 bits per heavy atom. The Balaban J connectivity index is 2.08. The van der Waals surface area contributed by atoms with Crippen LogP contribution in [0, 0.1) is 0 Å². The van der Waals surface area contributed by atoms with Crippen molar-refractivity contribution in [1.82, 2.24) is 19.5 Å². The third-order valence-electron chi connectivity index (χ3n) is 3.28. The maximum Gasteiger partial charge on any atom is 0.338 e. The normalized spacial score (nSPS) is 10.8. The Morgan fingerprint density at radius 3 is 2.95 bits per heavy atom. The standard InChI is InChI=1S/C14H12ClN5O2/c1-22-14(21)8-3-2-4-10(15)9(8)5-20-7-19-12(16)11-13(20)18-6-17-11/h2-4,6-7H,5,16H2,1H3. The van der Waals surface area contributed by atoms with Crippen molar-refractivity contribution in [2.75, 3.05) is 12.8 Å². The lowest BCUT2D eigenvalue weighted by molar-refractivity contribution is 0.0599. The minimum atomic E-state index is -0.452. The lowest BCUT2D eigenvalue weighted by Crippen LogP contribution is -2.13. The van der Waals surface area contributed by atoms with Crippen LogP contribution in [-0.4, -0.2) is 32.6 Å². The number of halogens is 1. The monoisotopic (exact) mass is 317 g/mol. The number of anilines is 1. The number of imidazole rings is 1. The molecule has 8 heteroatoms. The molecule has 0 atom stereocenters. The van der Waals surface area contributed by atoms with Crippen LogP contribution in [0.1, 0.15) is 15.9 Å². The highest BCUT2D eigenvalue weighted by Gasteiger charge is 2.19. The van der Waals surface area contributed by atoms with Crippen LogP contribution in [0.5, 0.6) is 0 Å². The first-order chi connectivity index (χ1) is 10.6. The number of aromatic nitrogens is 4. The quantitative estimate of drug-likeness (QED) is 0.741. The summed E-state index contributed by atoms with van der Waals surface area (Å²) in [4.78, 5) is 24.2. The number of carbonyl (C=O) groups is 1. The maximum absolute atomic E-state index is 11.9. The number of nitrogens with zero attached hydrogens (tertiary/aromatic N) is 4. The molecule has 0 fully saturated rings. The van der Waals surface area contributed by atoms with Crippen LogP contribution in [0.25, 0.3) is 11.5 Å². The first-order valence-electron chi connectivity index (χ1n) is 6.39. The molecule has 0 amide bonds. The van der Waals surface area contributed by atoms with E-state index in [1.165, 1.54) is 19.8 Å². The summed E-state index contributed by atoms with van der Waals surface area (Å²) in [5, 5.41) is 0.458. The van der Waals surface area contributed by atoms with Gasteiger partial charge in [-0.2, -0.15) is 0 Å². The van der Waals surface area contributed by atoms with Crippen LogP contribution in [0.15, 0.2) is 30.9 Å². The Kier molecular flexibility index (Phi) is 3.64. The van der Waals surface area contributed by atoms with Crippen LogP contribution >= 0.6 is 11.6 Å². The zero-order chi connectivity index (χ0) is 15.7. The van der Waals surface area contributed by atoms with Gasteiger partial charge in [0.25, 0.3) is 0 Å². The predicted molar refractivity (Wildman–Crippen MR) is 80.7 cm³/mol. The number of esters is 1. The van der Waals surface area contributed by atoms with Gasteiger partial charge in [0.1, 0.15) is 12.0 Å².